The SMILES string of the molecule is CNC(=O)c1cc(S(=O)(=O)N2CCN(Cc3ccccc3)CC2)cs1. The van der Waals surface area contributed by atoms with Gasteiger partial charge in [-0.05, 0) is 11.6 Å². The van der Waals surface area contributed by atoms with E-state index in [1.807, 2.05) is 18.2 Å². The minimum absolute atomic E-state index is 0.201. The summed E-state index contributed by atoms with van der Waals surface area (Å²) in [5.41, 5.74) is 1.23. The summed E-state index contributed by atoms with van der Waals surface area (Å²) in [6, 6.07) is 11.6. The van der Waals surface area contributed by atoms with Crippen LogP contribution >= 0.6 is 11.3 Å². The van der Waals surface area contributed by atoms with E-state index >= 15 is 0 Å². The second-order valence-corrected chi connectivity index (χ2v) is 8.74. The first-order valence-corrected chi connectivity index (χ1v) is 10.4. The molecule has 1 aromatic carbocycles. The summed E-state index contributed by atoms with van der Waals surface area (Å²) in [5.74, 6) is -0.265. The largest absolute Gasteiger partial charge is 0.354 e. The van der Waals surface area contributed by atoms with Crippen molar-refractivity contribution in [3.8, 4) is 0 Å². The van der Waals surface area contributed by atoms with Crippen LogP contribution in [0.4, 0.5) is 0 Å². The van der Waals surface area contributed by atoms with Crippen LogP contribution in [-0.4, -0.2) is 56.8 Å². The monoisotopic (exact) mass is 379 g/mol. The standard InChI is InChI=1S/C17H21N3O3S2/c1-18-17(21)16-11-15(13-24-16)25(22,23)20-9-7-19(8-10-20)12-14-5-3-2-4-6-14/h2-6,11,13H,7-10,12H2,1H3,(H,18,21). The fourth-order valence-corrected chi connectivity index (χ4v) is 5.44. The quantitative estimate of drug-likeness (QED) is 0.857. The number of benzene rings is 1. The van der Waals surface area contributed by atoms with E-state index in [2.05, 4.69) is 22.3 Å². The third-order valence-electron chi connectivity index (χ3n) is 4.24. The number of sulfonamides is 1. The number of hydrogen-bond acceptors (Lipinski definition) is 5. The molecule has 2 heterocycles. The second-order valence-electron chi connectivity index (χ2n) is 5.89. The summed E-state index contributed by atoms with van der Waals surface area (Å²) < 4.78 is 27.0. The van der Waals surface area contributed by atoms with E-state index in [4.69, 9.17) is 0 Å². The van der Waals surface area contributed by atoms with Crippen LogP contribution < -0.4 is 5.32 Å². The first-order valence-electron chi connectivity index (χ1n) is 8.08. The highest BCUT2D eigenvalue weighted by Gasteiger charge is 2.29. The van der Waals surface area contributed by atoms with Crippen molar-refractivity contribution in [1.82, 2.24) is 14.5 Å². The Balaban J connectivity index is 1.63. The van der Waals surface area contributed by atoms with Crippen molar-refractivity contribution in [1.29, 1.82) is 0 Å². The molecule has 3 rings (SSSR count). The molecule has 2 aromatic rings. The molecule has 0 unspecified atom stereocenters. The van der Waals surface area contributed by atoms with Crippen molar-refractivity contribution >= 4 is 27.3 Å². The molecule has 1 amide bonds. The number of nitrogens with one attached hydrogen (secondary N) is 1. The van der Waals surface area contributed by atoms with Gasteiger partial charge >= 0.3 is 0 Å². The number of hydrogen-bond donors (Lipinski definition) is 1. The smallest absolute Gasteiger partial charge is 0.261 e. The van der Waals surface area contributed by atoms with Gasteiger partial charge in [0, 0.05) is 45.2 Å². The second kappa shape index (κ2) is 7.65. The van der Waals surface area contributed by atoms with Crippen molar-refractivity contribution in [2.45, 2.75) is 11.4 Å². The number of carbonyl (C=O) groups is 1. The summed E-state index contributed by atoms with van der Waals surface area (Å²) in [6.07, 6.45) is 0. The van der Waals surface area contributed by atoms with Crippen molar-refractivity contribution in [3.63, 3.8) is 0 Å². The van der Waals surface area contributed by atoms with Crippen molar-refractivity contribution in [3.05, 3.63) is 52.2 Å². The molecule has 8 heteroatoms. The molecule has 1 saturated heterocycles. The van der Waals surface area contributed by atoms with Crippen LogP contribution in [0.15, 0.2) is 46.7 Å². The fourth-order valence-electron chi connectivity index (χ4n) is 2.82. The third-order valence-corrected chi connectivity index (χ3v) is 7.20. The number of rotatable bonds is 5. The lowest BCUT2D eigenvalue weighted by Gasteiger charge is -2.33. The highest BCUT2D eigenvalue weighted by atomic mass is 32.2. The molecule has 1 aliphatic heterocycles. The Morgan fingerprint density at radius 3 is 2.48 bits per heavy atom. The number of amides is 1. The van der Waals surface area contributed by atoms with Crippen molar-refractivity contribution in [2.75, 3.05) is 33.2 Å². The maximum Gasteiger partial charge on any atom is 0.261 e. The van der Waals surface area contributed by atoms with E-state index in [0.717, 1.165) is 17.9 Å². The maximum absolute atomic E-state index is 12.8. The topological polar surface area (TPSA) is 69.7 Å². The molecule has 1 fully saturated rings. The Labute approximate surface area is 152 Å². The minimum Gasteiger partial charge on any atom is -0.354 e. The highest BCUT2D eigenvalue weighted by Crippen LogP contribution is 2.24. The summed E-state index contributed by atoms with van der Waals surface area (Å²) in [5, 5.41) is 4.05. The lowest BCUT2D eigenvalue weighted by atomic mass is 10.2. The Hall–Kier alpha value is -1.74. The van der Waals surface area contributed by atoms with E-state index in [-0.39, 0.29) is 10.8 Å². The normalized spacial score (nSPS) is 16.7. The molecule has 25 heavy (non-hydrogen) atoms. The first kappa shape index (κ1) is 18.1. The zero-order valence-electron chi connectivity index (χ0n) is 14.0. The van der Waals surface area contributed by atoms with Crippen LogP contribution in [0.2, 0.25) is 0 Å². The summed E-state index contributed by atoms with van der Waals surface area (Å²) >= 11 is 1.15. The van der Waals surface area contributed by atoms with Gasteiger partial charge in [0.1, 0.15) is 0 Å². The van der Waals surface area contributed by atoms with Crippen LogP contribution in [0, 0.1) is 0 Å². The Morgan fingerprint density at radius 1 is 1.16 bits per heavy atom. The summed E-state index contributed by atoms with van der Waals surface area (Å²) in [6.45, 7) is 3.13. The predicted molar refractivity (Wildman–Crippen MR) is 98.2 cm³/mol. The Kier molecular flexibility index (Phi) is 5.53. The molecule has 134 valence electrons. The van der Waals surface area contributed by atoms with Crippen molar-refractivity contribution in [2.24, 2.45) is 0 Å². The summed E-state index contributed by atoms with van der Waals surface area (Å²) in [7, 11) is -2.01. The number of piperazine rings is 1. The van der Waals surface area contributed by atoms with Gasteiger partial charge in [0.05, 0.1) is 9.77 Å². The van der Waals surface area contributed by atoms with Gasteiger partial charge in [-0.1, -0.05) is 30.3 Å². The van der Waals surface area contributed by atoms with Crippen molar-refractivity contribution < 1.29 is 13.2 Å². The Morgan fingerprint density at radius 2 is 1.84 bits per heavy atom. The molecule has 0 aliphatic carbocycles. The molecule has 1 aromatic heterocycles. The van der Waals surface area contributed by atoms with Gasteiger partial charge in [0.25, 0.3) is 5.91 Å². The van der Waals surface area contributed by atoms with Gasteiger partial charge in [-0.2, -0.15) is 4.31 Å². The van der Waals surface area contributed by atoms with Gasteiger partial charge in [-0.25, -0.2) is 8.42 Å². The first-order chi connectivity index (χ1) is 12.0. The lowest BCUT2D eigenvalue weighted by Crippen LogP contribution is -2.48. The minimum atomic E-state index is -3.54. The van der Waals surface area contributed by atoms with Gasteiger partial charge < -0.3 is 5.32 Å². The Bertz CT molecular complexity index is 826. The highest BCUT2D eigenvalue weighted by molar-refractivity contribution is 7.89. The molecule has 1 N–H and O–H groups in total. The third kappa shape index (κ3) is 4.09. The lowest BCUT2D eigenvalue weighted by molar-refractivity contribution is 0.0967. The molecule has 1 aliphatic rings. The molecule has 0 bridgehead atoms. The van der Waals surface area contributed by atoms with Gasteiger partial charge in [-0.15, -0.1) is 11.3 Å². The van der Waals surface area contributed by atoms with Crippen LogP contribution in [-0.2, 0) is 16.6 Å². The number of nitrogens with zero attached hydrogens (tertiary/aromatic N) is 2. The van der Waals surface area contributed by atoms with E-state index < -0.39 is 10.0 Å². The average molecular weight is 380 g/mol. The molecule has 0 saturated carbocycles. The molecule has 0 spiro atoms. The molecular formula is C17H21N3O3S2. The zero-order chi connectivity index (χ0) is 17.9. The van der Waals surface area contributed by atoms with Crippen LogP contribution in [0.1, 0.15) is 15.2 Å². The van der Waals surface area contributed by atoms with Gasteiger partial charge in [-0.3, -0.25) is 9.69 Å². The average Bonchev–Trinajstić information content (AvgIpc) is 3.13. The van der Waals surface area contributed by atoms with Crippen LogP contribution in [0.3, 0.4) is 0 Å². The number of carbonyl (C=O) groups excluding carboxylic acids is 1. The van der Waals surface area contributed by atoms with E-state index in [1.165, 1.54) is 28.4 Å². The molecule has 6 nitrogen and oxygen atoms in total. The summed E-state index contributed by atoms with van der Waals surface area (Å²) in [4.78, 5) is 14.5. The van der Waals surface area contributed by atoms with Crippen LogP contribution in [0.5, 0.6) is 0 Å². The fraction of sp³-hybridized carbons (Fsp3) is 0.353. The van der Waals surface area contributed by atoms with E-state index in [1.54, 1.807) is 0 Å². The van der Waals surface area contributed by atoms with E-state index in [0.29, 0.717) is 31.1 Å². The molecule has 0 atom stereocenters. The predicted octanol–water partition coefficient (Wildman–Crippen LogP) is 1.61. The van der Waals surface area contributed by atoms with Gasteiger partial charge in [0.15, 0.2) is 0 Å². The van der Waals surface area contributed by atoms with E-state index in [9.17, 15) is 13.2 Å². The number of thiophene rings is 1. The zero-order valence-corrected chi connectivity index (χ0v) is 15.6. The maximum atomic E-state index is 12.8. The van der Waals surface area contributed by atoms with Crippen LogP contribution in [0.25, 0.3) is 0 Å². The molecular weight excluding hydrogens is 358 g/mol. The van der Waals surface area contributed by atoms with Gasteiger partial charge in [0.2, 0.25) is 10.0 Å². The molecule has 0 radical (unpaired) electrons.